The summed E-state index contributed by atoms with van der Waals surface area (Å²) in [5, 5.41) is 3.78. The first-order valence-corrected chi connectivity index (χ1v) is 6.89. The molecule has 1 N–H and O–H groups in total. The van der Waals surface area contributed by atoms with E-state index in [1.807, 2.05) is 0 Å². The number of likely N-dealkylation sites (tertiary alicyclic amines) is 1. The molecule has 1 aliphatic heterocycles. The highest BCUT2D eigenvalue weighted by atomic mass is 15.1. The second-order valence-electron chi connectivity index (χ2n) is 6.25. The zero-order valence-corrected chi connectivity index (χ0v) is 11.8. The van der Waals surface area contributed by atoms with Crippen molar-refractivity contribution in [1.82, 2.24) is 10.2 Å². The summed E-state index contributed by atoms with van der Waals surface area (Å²) in [6.45, 7) is 13.1. The lowest BCUT2D eigenvalue weighted by molar-refractivity contribution is 0.130. The van der Waals surface area contributed by atoms with Gasteiger partial charge in [-0.25, -0.2) is 0 Å². The molecule has 1 unspecified atom stereocenters. The molecular formula is C14H30N2. The Morgan fingerprint density at radius 3 is 2.25 bits per heavy atom. The van der Waals surface area contributed by atoms with Crippen LogP contribution in [0.5, 0.6) is 0 Å². The summed E-state index contributed by atoms with van der Waals surface area (Å²) in [5.74, 6) is 0.750. The summed E-state index contributed by atoms with van der Waals surface area (Å²) < 4.78 is 0. The Hall–Kier alpha value is -0.0800. The van der Waals surface area contributed by atoms with Crippen LogP contribution >= 0.6 is 0 Å². The molecule has 1 rings (SSSR count). The number of rotatable bonds is 5. The first kappa shape index (κ1) is 14.0. The average Bonchev–Trinajstić information content (AvgIpc) is 2.23. The topological polar surface area (TPSA) is 15.3 Å². The minimum atomic E-state index is 0.523. The van der Waals surface area contributed by atoms with Crippen LogP contribution < -0.4 is 5.32 Å². The molecule has 0 spiro atoms. The molecule has 0 aromatic heterocycles. The van der Waals surface area contributed by atoms with Crippen LogP contribution in [0, 0.1) is 11.3 Å². The molecule has 1 aliphatic rings. The van der Waals surface area contributed by atoms with E-state index in [1.54, 1.807) is 0 Å². The SMILES string of the molecule is CCC(NCC1(C)CCN(C)CC1)C(C)C. The van der Waals surface area contributed by atoms with E-state index in [2.05, 4.69) is 45.0 Å². The summed E-state index contributed by atoms with van der Waals surface area (Å²) in [4.78, 5) is 2.45. The van der Waals surface area contributed by atoms with Crippen LogP contribution in [-0.2, 0) is 0 Å². The summed E-state index contributed by atoms with van der Waals surface area (Å²) in [6.07, 6.45) is 3.92. The molecule has 96 valence electrons. The van der Waals surface area contributed by atoms with Crippen molar-refractivity contribution in [3.63, 3.8) is 0 Å². The highest BCUT2D eigenvalue weighted by molar-refractivity contribution is 4.84. The first-order chi connectivity index (χ1) is 7.47. The Kier molecular flexibility index (Phi) is 5.26. The molecular weight excluding hydrogens is 196 g/mol. The number of nitrogens with one attached hydrogen (secondary N) is 1. The van der Waals surface area contributed by atoms with E-state index in [4.69, 9.17) is 0 Å². The molecule has 0 aromatic rings. The molecule has 0 aromatic carbocycles. The van der Waals surface area contributed by atoms with Crippen molar-refractivity contribution in [1.29, 1.82) is 0 Å². The quantitative estimate of drug-likeness (QED) is 0.775. The largest absolute Gasteiger partial charge is 0.313 e. The Morgan fingerprint density at radius 2 is 1.81 bits per heavy atom. The van der Waals surface area contributed by atoms with E-state index < -0.39 is 0 Å². The van der Waals surface area contributed by atoms with Crippen LogP contribution in [0.1, 0.15) is 47.0 Å². The van der Waals surface area contributed by atoms with Crippen molar-refractivity contribution in [2.75, 3.05) is 26.7 Å². The monoisotopic (exact) mass is 226 g/mol. The van der Waals surface area contributed by atoms with Gasteiger partial charge in [0, 0.05) is 12.6 Å². The number of piperidine rings is 1. The van der Waals surface area contributed by atoms with Crippen molar-refractivity contribution in [2.45, 2.75) is 53.0 Å². The van der Waals surface area contributed by atoms with Gasteiger partial charge in [-0.15, -0.1) is 0 Å². The average molecular weight is 226 g/mol. The zero-order valence-electron chi connectivity index (χ0n) is 11.8. The third kappa shape index (κ3) is 4.06. The third-order valence-corrected chi connectivity index (χ3v) is 4.23. The molecule has 0 saturated carbocycles. The van der Waals surface area contributed by atoms with Crippen molar-refractivity contribution >= 4 is 0 Å². The van der Waals surface area contributed by atoms with Crippen LogP contribution in [0.4, 0.5) is 0 Å². The van der Waals surface area contributed by atoms with Crippen LogP contribution in [0.15, 0.2) is 0 Å². The zero-order chi connectivity index (χ0) is 12.2. The van der Waals surface area contributed by atoms with E-state index in [9.17, 15) is 0 Å². The van der Waals surface area contributed by atoms with Gasteiger partial charge in [0.2, 0.25) is 0 Å². The lowest BCUT2D eigenvalue weighted by atomic mass is 9.80. The van der Waals surface area contributed by atoms with E-state index in [-0.39, 0.29) is 0 Å². The summed E-state index contributed by atoms with van der Waals surface area (Å²) in [5.41, 5.74) is 0.523. The molecule has 16 heavy (non-hydrogen) atoms. The Morgan fingerprint density at radius 1 is 1.25 bits per heavy atom. The molecule has 1 saturated heterocycles. The maximum Gasteiger partial charge on any atom is 0.00876 e. The fraction of sp³-hybridized carbons (Fsp3) is 1.00. The number of hydrogen-bond acceptors (Lipinski definition) is 2. The van der Waals surface area contributed by atoms with Gasteiger partial charge < -0.3 is 10.2 Å². The summed E-state index contributed by atoms with van der Waals surface area (Å²) in [7, 11) is 2.23. The van der Waals surface area contributed by atoms with E-state index in [0.29, 0.717) is 11.5 Å². The molecule has 0 amide bonds. The molecule has 0 radical (unpaired) electrons. The third-order valence-electron chi connectivity index (χ3n) is 4.23. The highest BCUT2D eigenvalue weighted by Crippen LogP contribution is 2.29. The number of hydrogen-bond donors (Lipinski definition) is 1. The normalized spacial score (nSPS) is 23.6. The van der Waals surface area contributed by atoms with Gasteiger partial charge in [-0.1, -0.05) is 27.7 Å². The summed E-state index contributed by atoms with van der Waals surface area (Å²) >= 11 is 0. The van der Waals surface area contributed by atoms with Gasteiger partial charge in [0.1, 0.15) is 0 Å². The highest BCUT2D eigenvalue weighted by Gasteiger charge is 2.29. The van der Waals surface area contributed by atoms with Crippen LogP contribution in [0.3, 0.4) is 0 Å². The number of nitrogens with zero attached hydrogens (tertiary/aromatic N) is 1. The molecule has 1 atom stereocenters. The molecule has 1 heterocycles. The van der Waals surface area contributed by atoms with Crippen molar-refractivity contribution in [3.05, 3.63) is 0 Å². The first-order valence-electron chi connectivity index (χ1n) is 6.89. The fourth-order valence-corrected chi connectivity index (χ4v) is 2.56. The molecule has 2 nitrogen and oxygen atoms in total. The smallest absolute Gasteiger partial charge is 0.00876 e. The second-order valence-corrected chi connectivity index (χ2v) is 6.25. The van der Waals surface area contributed by atoms with E-state index >= 15 is 0 Å². The van der Waals surface area contributed by atoms with Crippen LogP contribution in [0.2, 0.25) is 0 Å². The van der Waals surface area contributed by atoms with Crippen LogP contribution in [0.25, 0.3) is 0 Å². The van der Waals surface area contributed by atoms with Gasteiger partial charge in [0.05, 0.1) is 0 Å². The van der Waals surface area contributed by atoms with E-state index in [0.717, 1.165) is 5.92 Å². The fourth-order valence-electron chi connectivity index (χ4n) is 2.56. The van der Waals surface area contributed by atoms with Crippen molar-refractivity contribution < 1.29 is 0 Å². The maximum atomic E-state index is 3.78. The van der Waals surface area contributed by atoms with Crippen molar-refractivity contribution in [3.8, 4) is 0 Å². The van der Waals surface area contributed by atoms with E-state index in [1.165, 1.54) is 38.9 Å². The summed E-state index contributed by atoms with van der Waals surface area (Å²) in [6, 6.07) is 0.691. The van der Waals surface area contributed by atoms with Crippen molar-refractivity contribution in [2.24, 2.45) is 11.3 Å². The second kappa shape index (κ2) is 6.02. The Bertz CT molecular complexity index is 193. The minimum absolute atomic E-state index is 0.523. The predicted molar refractivity (Wildman–Crippen MR) is 71.8 cm³/mol. The maximum absolute atomic E-state index is 3.78. The van der Waals surface area contributed by atoms with Gasteiger partial charge in [-0.05, 0) is 50.7 Å². The Balaban J connectivity index is 2.35. The molecule has 2 heteroatoms. The van der Waals surface area contributed by atoms with Gasteiger partial charge >= 0.3 is 0 Å². The van der Waals surface area contributed by atoms with Gasteiger partial charge in [0.25, 0.3) is 0 Å². The molecule has 1 fully saturated rings. The van der Waals surface area contributed by atoms with Crippen LogP contribution in [-0.4, -0.2) is 37.6 Å². The molecule has 0 aliphatic carbocycles. The minimum Gasteiger partial charge on any atom is -0.313 e. The van der Waals surface area contributed by atoms with Gasteiger partial charge in [-0.3, -0.25) is 0 Å². The standard InChI is InChI=1S/C14H30N2/c1-6-13(12(2)3)15-11-14(4)7-9-16(5)10-8-14/h12-13,15H,6-11H2,1-5H3. The van der Waals surface area contributed by atoms with Gasteiger partial charge in [-0.2, -0.15) is 0 Å². The predicted octanol–water partition coefficient (Wildman–Crippen LogP) is 2.74. The van der Waals surface area contributed by atoms with Gasteiger partial charge in [0.15, 0.2) is 0 Å². The Labute approximate surface area is 102 Å². The molecule has 0 bridgehead atoms. The lowest BCUT2D eigenvalue weighted by Crippen LogP contribution is -2.45. The lowest BCUT2D eigenvalue weighted by Gasteiger charge is -2.39.